The fraction of sp³-hybridized carbons (Fsp3) is 0.500. The van der Waals surface area contributed by atoms with E-state index in [1.807, 2.05) is 0 Å². The summed E-state index contributed by atoms with van der Waals surface area (Å²) in [5.74, 6) is 0. The number of ether oxygens (including phenoxy) is 1. The Labute approximate surface area is 102 Å². The molecule has 2 rings (SSSR count). The molecule has 0 bridgehead atoms. The average molecular weight is 233 g/mol. The van der Waals surface area contributed by atoms with Crippen molar-refractivity contribution in [3.63, 3.8) is 0 Å². The molecular weight excluding hydrogens is 214 g/mol. The Morgan fingerprint density at radius 1 is 1.53 bits per heavy atom. The Balaban J connectivity index is 2.06. The van der Waals surface area contributed by atoms with Crippen molar-refractivity contribution >= 4 is 6.29 Å². The molecule has 2 atom stereocenters. The normalized spacial score (nSPS) is 25.8. The fourth-order valence-electron chi connectivity index (χ4n) is 2.33. The summed E-state index contributed by atoms with van der Waals surface area (Å²) >= 11 is 0. The molecule has 0 spiro atoms. The first-order valence-corrected chi connectivity index (χ1v) is 6.02. The number of hydrogen-bond acceptors (Lipinski definition) is 3. The van der Waals surface area contributed by atoms with E-state index in [9.17, 15) is 4.79 Å². The Hall–Kier alpha value is -1.19. The van der Waals surface area contributed by atoms with Gasteiger partial charge in [-0.15, -0.1) is 0 Å². The van der Waals surface area contributed by atoms with Crippen LogP contribution in [0.1, 0.15) is 23.6 Å². The molecular formula is C14H19NO2. The Morgan fingerprint density at radius 3 is 3.00 bits per heavy atom. The molecule has 1 heterocycles. The van der Waals surface area contributed by atoms with Gasteiger partial charge in [0.1, 0.15) is 6.29 Å². The Kier molecular flexibility index (Phi) is 3.92. The molecule has 0 radical (unpaired) electrons. The van der Waals surface area contributed by atoms with Crippen molar-refractivity contribution in [3.8, 4) is 0 Å². The second-order valence-corrected chi connectivity index (χ2v) is 4.73. The van der Waals surface area contributed by atoms with Gasteiger partial charge in [0.05, 0.1) is 18.8 Å². The average Bonchev–Trinajstić information content (AvgIpc) is 2.29. The summed E-state index contributed by atoms with van der Waals surface area (Å²) in [6, 6.07) is 8.82. The summed E-state index contributed by atoms with van der Waals surface area (Å²) in [6.07, 6.45) is 1.48. The van der Waals surface area contributed by atoms with Gasteiger partial charge in [0.25, 0.3) is 0 Å². The highest BCUT2D eigenvalue weighted by Crippen LogP contribution is 2.25. The van der Waals surface area contributed by atoms with Crippen LogP contribution in [0.4, 0.5) is 0 Å². The number of hydrogen-bond donors (Lipinski definition) is 0. The van der Waals surface area contributed by atoms with Crippen LogP contribution in [-0.2, 0) is 9.53 Å². The first kappa shape index (κ1) is 12.3. The van der Waals surface area contributed by atoms with E-state index < -0.39 is 0 Å². The van der Waals surface area contributed by atoms with Gasteiger partial charge in [-0.2, -0.15) is 0 Å². The minimum Gasteiger partial charge on any atom is -0.374 e. The van der Waals surface area contributed by atoms with Gasteiger partial charge < -0.3 is 9.53 Å². The van der Waals surface area contributed by atoms with Crippen molar-refractivity contribution in [1.29, 1.82) is 0 Å². The van der Waals surface area contributed by atoms with Gasteiger partial charge in [0.15, 0.2) is 0 Å². The third-order valence-corrected chi connectivity index (χ3v) is 3.30. The van der Waals surface area contributed by atoms with Gasteiger partial charge in [-0.1, -0.05) is 29.8 Å². The zero-order chi connectivity index (χ0) is 12.3. The summed E-state index contributed by atoms with van der Waals surface area (Å²) in [6.45, 7) is 3.58. The summed E-state index contributed by atoms with van der Waals surface area (Å²) in [7, 11) is 2.09. The summed E-state index contributed by atoms with van der Waals surface area (Å²) in [5.41, 5.74) is 2.56. The van der Waals surface area contributed by atoms with E-state index in [1.165, 1.54) is 11.1 Å². The predicted molar refractivity (Wildman–Crippen MR) is 67.0 cm³/mol. The zero-order valence-electron chi connectivity index (χ0n) is 10.4. The second-order valence-electron chi connectivity index (χ2n) is 4.73. The van der Waals surface area contributed by atoms with Crippen LogP contribution < -0.4 is 0 Å². The SMILES string of the molecule is Cc1cccc(C2COC(CC=O)CN2C)c1. The molecule has 1 aromatic carbocycles. The highest BCUT2D eigenvalue weighted by atomic mass is 16.5. The molecule has 92 valence electrons. The second kappa shape index (κ2) is 5.43. The first-order valence-electron chi connectivity index (χ1n) is 6.02. The summed E-state index contributed by atoms with van der Waals surface area (Å²) in [4.78, 5) is 12.7. The van der Waals surface area contributed by atoms with E-state index in [2.05, 4.69) is 43.1 Å². The van der Waals surface area contributed by atoms with Crippen LogP contribution >= 0.6 is 0 Å². The summed E-state index contributed by atoms with van der Waals surface area (Å²) < 4.78 is 5.72. The monoisotopic (exact) mass is 233 g/mol. The van der Waals surface area contributed by atoms with Gasteiger partial charge in [0, 0.05) is 13.0 Å². The van der Waals surface area contributed by atoms with E-state index in [-0.39, 0.29) is 6.10 Å². The van der Waals surface area contributed by atoms with E-state index in [4.69, 9.17) is 4.74 Å². The van der Waals surface area contributed by atoms with E-state index in [0.717, 1.165) is 12.8 Å². The molecule has 1 aromatic rings. The molecule has 1 aliphatic heterocycles. The van der Waals surface area contributed by atoms with Crippen LogP contribution in [0.2, 0.25) is 0 Å². The third-order valence-electron chi connectivity index (χ3n) is 3.30. The number of carbonyl (C=O) groups excluding carboxylic acids is 1. The molecule has 0 amide bonds. The number of rotatable bonds is 3. The lowest BCUT2D eigenvalue weighted by atomic mass is 10.0. The maximum Gasteiger partial charge on any atom is 0.122 e. The highest BCUT2D eigenvalue weighted by molar-refractivity contribution is 5.50. The predicted octanol–water partition coefficient (Wildman–Crippen LogP) is 1.96. The van der Waals surface area contributed by atoms with Crippen LogP contribution in [-0.4, -0.2) is 37.5 Å². The zero-order valence-corrected chi connectivity index (χ0v) is 10.4. The van der Waals surface area contributed by atoms with Crippen molar-refractivity contribution in [2.24, 2.45) is 0 Å². The number of benzene rings is 1. The number of nitrogens with zero attached hydrogens (tertiary/aromatic N) is 1. The van der Waals surface area contributed by atoms with Gasteiger partial charge in [-0.25, -0.2) is 0 Å². The molecule has 3 heteroatoms. The Bertz CT molecular complexity index is 392. The van der Waals surface area contributed by atoms with Crippen LogP contribution in [0, 0.1) is 6.92 Å². The van der Waals surface area contributed by atoms with Crippen molar-refractivity contribution in [2.45, 2.75) is 25.5 Å². The van der Waals surface area contributed by atoms with Crippen molar-refractivity contribution in [3.05, 3.63) is 35.4 Å². The fourth-order valence-corrected chi connectivity index (χ4v) is 2.33. The molecule has 1 aliphatic rings. The van der Waals surface area contributed by atoms with Gasteiger partial charge >= 0.3 is 0 Å². The van der Waals surface area contributed by atoms with Crippen LogP contribution in [0.15, 0.2) is 24.3 Å². The number of morpholine rings is 1. The molecule has 3 nitrogen and oxygen atoms in total. The van der Waals surface area contributed by atoms with Gasteiger partial charge in [-0.3, -0.25) is 4.90 Å². The smallest absolute Gasteiger partial charge is 0.122 e. The number of aldehydes is 1. The molecule has 0 aliphatic carbocycles. The molecule has 2 unspecified atom stereocenters. The Morgan fingerprint density at radius 2 is 2.35 bits per heavy atom. The van der Waals surface area contributed by atoms with E-state index >= 15 is 0 Å². The first-order chi connectivity index (χ1) is 8.20. The standard InChI is InChI=1S/C14H19NO2/c1-11-4-3-5-12(8-11)14-10-17-13(6-7-16)9-15(14)2/h3-5,7-8,13-14H,6,9-10H2,1-2H3. The number of carbonyl (C=O) groups is 1. The molecule has 1 fully saturated rings. The highest BCUT2D eigenvalue weighted by Gasteiger charge is 2.26. The van der Waals surface area contributed by atoms with E-state index in [1.54, 1.807) is 0 Å². The number of aryl methyl sites for hydroxylation is 1. The van der Waals surface area contributed by atoms with Crippen LogP contribution in [0.3, 0.4) is 0 Å². The maximum absolute atomic E-state index is 10.5. The lowest BCUT2D eigenvalue weighted by Crippen LogP contribution is -2.42. The summed E-state index contributed by atoms with van der Waals surface area (Å²) in [5, 5.41) is 0. The molecule has 1 saturated heterocycles. The minimum atomic E-state index is 0.0542. The molecule has 0 aromatic heterocycles. The largest absolute Gasteiger partial charge is 0.374 e. The number of likely N-dealkylation sites (N-methyl/N-ethyl adjacent to an activating group) is 1. The molecule has 0 saturated carbocycles. The minimum absolute atomic E-state index is 0.0542. The maximum atomic E-state index is 10.5. The van der Waals surface area contributed by atoms with E-state index in [0.29, 0.717) is 19.1 Å². The van der Waals surface area contributed by atoms with Gasteiger partial charge in [-0.05, 0) is 19.5 Å². The van der Waals surface area contributed by atoms with Crippen molar-refractivity contribution in [2.75, 3.05) is 20.2 Å². The molecule has 0 N–H and O–H groups in total. The topological polar surface area (TPSA) is 29.5 Å². The quantitative estimate of drug-likeness (QED) is 0.747. The van der Waals surface area contributed by atoms with Gasteiger partial charge in [0.2, 0.25) is 0 Å². The lowest BCUT2D eigenvalue weighted by molar-refractivity contribution is -0.114. The van der Waals surface area contributed by atoms with Crippen LogP contribution in [0.5, 0.6) is 0 Å². The third kappa shape index (κ3) is 2.93. The van der Waals surface area contributed by atoms with Crippen LogP contribution in [0.25, 0.3) is 0 Å². The molecule has 17 heavy (non-hydrogen) atoms. The van der Waals surface area contributed by atoms with Crippen molar-refractivity contribution in [1.82, 2.24) is 4.90 Å². The van der Waals surface area contributed by atoms with Crippen molar-refractivity contribution < 1.29 is 9.53 Å². The lowest BCUT2D eigenvalue weighted by Gasteiger charge is -2.37.